The predicted octanol–water partition coefficient (Wildman–Crippen LogP) is 3.58. The van der Waals surface area contributed by atoms with Crippen LogP contribution in [0.15, 0.2) is 23.8 Å². The van der Waals surface area contributed by atoms with Crippen molar-refractivity contribution < 1.29 is 9.13 Å². The van der Waals surface area contributed by atoms with Crippen molar-refractivity contribution in [3.05, 3.63) is 41.0 Å². The maximum absolute atomic E-state index is 13.1. The number of H-pyrrole nitrogens is 1. The van der Waals surface area contributed by atoms with Crippen LogP contribution < -0.4 is 15.4 Å². The number of fused-ring (bicyclic) bond motifs is 1. The lowest BCUT2D eigenvalue weighted by molar-refractivity contribution is 0.397. The summed E-state index contributed by atoms with van der Waals surface area (Å²) in [5.41, 5.74) is 1.88. The zero-order valence-corrected chi connectivity index (χ0v) is 16.1. The predicted molar refractivity (Wildman–Crippen MR) is 105 cm³/mol. The van der Waals surface area contributed by atoms with E-state index < -0.39 is 5.82 Å². The van der Waals surface area contributed by atoms with Crippen LogP contribution in [0.5, 0.6) is 5.88 Å². The number of aromatic amines is 1. The molecule has 4 heterocycles. The maximum Gasteiger partial charge on any atom is 0.234 e. The number of hydrogen-bond donors (Lipinski definition) is 3. The standard InChI is InChI=1S/C17H17FN8OS/c1-8-7-28-14-13(8)23-17(21-9(2)15-19-5-10(18)6-20-15)24-16(14)22-11-4-12(27-3)26-25-11/h4-7,9H,1-3H3,(H3,21,22,23,24,25,26)/t9-/m0/s1. The Hall–Kier alpha value is -3.34. The van der Waals surface area contributed by atoms with Crippen LogP contribution in [-0.2, 0) is 0 Å². The van der Waals surface area contributed by atoms with Crippen molar-refractivity contribution in [3.63, 3.8) is 0 Å². The molecule has 4 aromatic heterocycles. The molecule has 28 heavy (non-hydrogen) atoms. The van der Waals surface area contributed by atoms with Gasteiger partial charge in [-0.3, -0.25) is 5.10 Å². The summed E-state index contributed by atoms with van der Waals surface area (Å²) in [5.74, 6) is 2.11. The number of aromatic nitrogens is 6. The fourth-order valence-corrected chi connectivity index (χ4v) is 3.52. The van der Waals surface area contributed by atoms with Crippen LogP contribution in [-0.4, -0.2) is 37.2 Å². The Kier molecular flexibility index (Phi) is 4.74. The summed E-state index contributed by atoms with van der Waals surface area (Å²) < 4.78 is 19.1. The van der Waals surface area contributed by atoms with Crippen LogP contribution in [0.1, 0.15) is 24.4 Å². The van der Waals surface area contributed by atoms with E-state index in [2.05, 4.69) is 40.8 Å². The Morgan fingerprint density at radius 3 is 2.75 bits per heavy atom. The largest absolute Gasteiger partial charge is 0.480 e. The van der Waals surface area contributed by atoms with E-state index in [9.17, 15) is 4.39 Å². The van der Waals surface area contributed by atoms with E-state index in [1.165, 1.54) is 0 Å². The summed E-state index contributed by atoms with van der Waals surface area (Å²) in [7, 11) is 1.55. The summed E-state index contributed by atoms with van der Waals surface area (Å²) in [4.78, 5) is 17.2. The quantitative estimate of drug-likeness (QED) is 0.450. The molecule has 0 aliphatic rings. The number of rotatable bonds is 6. The Morgan fingerprint density at radius 2 is 2.04 bits per heavy atom. The molecule has 0 aromatic carbocycles. The molecule has 0 aliphatic heterocycles. The first kappa shape index (κ1) is 18.0. The Morgan fingerprint density at radius 1 is 1.25 bits per heavy atom. The number of halogens is 1. The van der Waals surface area contributed by atoms with Gasteiger partial charge in [-0.05, 0) is 24.8 Å². The third-order valence-corrected chi connectivity index (χ3v) is 5.08. The van der Waals surface area contributed by atoms with Crippen LogP contribution in [0.3, 0.4) is 0 Å². The third-order valence-electron chi connectivity index (χ3n) is 3.98. The van der Waals surface area contributed by atoms with Gasteiger partial charge in [0.05, 0.1) is 35.8 Å². The van der Waals surface area contributed by atoms with E-state index in [-0.39, 0.29) is 6.04 Å². The summed E-state index contributed by atoms with van der Waals surface area (Å²) >= 11 is 1.55. The molecule has 9 nitrogen and oxygen atoms in total. The summed E-state index contributed by atoms with van der Waals surface area (Å²) in [6, 6.07) is 1.42. The molecule has 0 spiro atoms. The molecule has 0 bridgehead atoms. The molecule has 144 valence electrons. The molecule has 0 saturated carbocycles. The molecule has 3 N–H and O–H groups in total. The molecule has 0 fully saturated rings. The molecule has 0 amide bonds. The third kappa shape index (κ3) is 3.56. The second-order valence-corrected chi connectivity index (χ2v) is 6.95. The topological polar surface area (TPSA) is 114 Å². The molecule has 11 heteroatoms. The first-order valence-electron chi connectivity index (χ1n) is 8.39. The van der Waals surface area contributed by atoms with E-state index in [0.29, 0.717) is 29.3 Å². The van der Waals surface area contributed by atoms with Crippen molar-refractivity contribution in [3.8, 4) is 5.88 Å². The van der Waals surface area contributed by atoms with Crippen LogP contribution in [0, 0.1) is 12.7 Å². The van der Waals surface area contributed by atoms with Gasteiger partial charge in [0.2, 0.25) is 11.8 Å². The summed E-state index contributed by atoms with van der Waals surface area (Å²) in [6.45, 7) is 3.85. The molecule has 0 unspecified atom stereocenters. The number of ether oxygens (including phenoxy) is 1. The lowest BCUT2D eigenvalue weighted by Crippen LogP contribution is -2.13. The number of thiophene rings is 1. The number of methoxy groups -OCH3 is 1. The van der Waals surface area contributed by atoms with Crippen molar-refractivity contribution in [2.75, 3.05) is 17.7 Å². The first-order chi connectivity index (χ1) is 13.5. The van der Waals surface area contributed by atoms with Gasteiger partial charge < -0.3 is 15.4 Å². The zero-order valence-electron chi connectivity index (χ0n) is 15.3. The molecule has 0 saturated heterocycles. The maximum atomic E-state index is 13.1. The van der Waals surface area contributed by atoms with Gasteiger partial charge >= 0.3 is 0 Å². The molecular weight excluding hydrogens is 383 g/mol. The molecule has 4 rings (SSSR count). The Bertz CT molecular complexity index is 1110. The normalized spacial score (nSPS) is 12.1. The van der Waals surface area contributed by atoms with Gasteiger partial charge in [0, 0.05) is 6.07 Å². The minimum atomic E-state index is -0.482. The fraction of sp³-hybridized carbons (Fsp3) is 0.235. The highest BCUT2D eigenvalue weighted by atomic mass is 32.1. The zero-order chi connectivity index (χ0) is 19.7. The highest BCUT2D eigenvalue weighted by molar-refractivity contribution is 7.18. The molecular formula is C17H17FN8OS. The van der Waals surface area contributed by atoms with Crippen LogP contribution in [0.4, 0.5) is 22.0 Å². The van der Waals surface area contributed by atoms with E-state index in [0.717, 1.165) is 28.2 Å². The van der Waals surface area contributed by atoms with Gasteiger partial charge in [-0.2, -0.15) is 4.98 Å². The number of hydrogen-bond acceptors (Lipinski definition) is 9. The number of aryl methyl sites for hydroxylation is 1. The van der Waals surface area contributed by atoms with E-state index in [4.69, 9.17) is 4.74 Å². The minimum absolute atomic E-state index is 0.308. The average Bonchev–Trinajstić information content (AvgIpc) is 3.29. The monoisotopic (exact) mass is 400 g/mol. The van der Waals surface area contributed by atoms with Gasteiger partial charge in [0.15, 0.2) is 11.6 Å². The highest BCUT2D eigenvalue weighted by Crippen LogP contribution is 2.32. The van der Waals surface area contributed by atoms with Gasteiger partial charge in [-0.25, -0.2) is 19.3 Å². The second-order valence-electron chi connectivity index (χ2n) is 6.07. The number of nitrogens with one attached hydrogen (secondary N) is 3. The fourth-order valence-electron chi connectivity index (χ4n) is 2.59. The van der Waals surface area contributed by atoms with Crippen molar-refractivity contribution in [1.29, 1.82) is 0 Å². The Labute approximate surface area is 163 Å². The SMILES string of the molecule is COc1cc(Nc2nc(N[C@@H](C)c3ncc(F)cn3)nc3c(C)csc23)[nH]n1. The molecule has 4 aromatic rings. The summed E-state index contributed by atoms with van der Waals surface area (Å²) in [5, 5.41) is 15.3. The van der Waals surface area contributed by atoms with Gasteiger partial charge in [-0.1, -0.05) is 0 Å². The van der Waals surface area contributed by atoms with Crippen LogP contribution in [0.2, 0.25) is 0 Å². The van der Waals surface area contributed by atoms with Gasteiger partial charge in [0.1, 0.15) is 11.6 Å². The minimum Gasteiger partial charge on any atom is -0.480 e. The smallest absolute Gasteiger partial charge is 0.234 e. The molecule has 1 atom stereocenters. The van der Waals surface area contributed by atoms with Crippen molar-refractivity contribution in [1.82, 2.24) is 30.1 Å². The number of anilines is 3. The van der Waals surface area contributed by atoms with Crippen LogP contribution in [0.25, 0.3) is 10.2 Å². The second kappa shape index (κ2) is 7.35. The van der Waals surface area contributed by atoms with Gasteiger partial charge in [0.25, 0.3) is 0 Å². The lowest BCUT2D eigenvalue weighted by Gasteiger charge is -2.14. The van der Waals surface area contributed by atoms with Crippen LogP contribution >= 0.6 is 11.3 Å². The lowest BCUT2D eigenvalue weighted by atomic mass is 10.3. The van der Waals surface area contributed by atoms with E-state index >= 15 is 0 Å². The van der Waals surface area contributed by atoms with Crippen molar-refractivity contribution in [2.24, 2.45) is 0 Å². The van der Waals surface area contributed by atoms with Gasteiger partial charge in [-0.15, -0.1) is 16.4 Å². The Balaban J connectivity index is 1.66. The van der Waals surface area contributed by atoms with Crippen molar-refractivity contribution >= 4 is 39.1 Å². The summed E-state index contributed by atoms with van der Waals surface area (Å²) in [6.07, 6.45) is 2.26. The van der Waals surface area contributed by atoms with Crippen molar-refractivity contribution in [2.45, 2.75) is 19.9 Å². The van der Waals surface area contributed by atoms with E-state index in [1.807, 2.05) is 19.2 Å². The van der Waals surface area contributed by atoms with E-state index in [1.54, 1.807) is 24.5 Å². The first-order valence-corrected chi connectivity index (χ1v) is 9.27. The molecule has 0 aliphatic carbocycles. The average molecular weight is 400 g/mol. The highest BCUT2D eigenvalue weighted by Gasteiger charge is 2.16. The molecule has 0 radical (unpaired) electrons. The number of nitrogens with zero attached hydrogens (tertiary/aromatic N) is 5.